The van der Waals surface area contributed by atoms with E-state index in [-0.39, 0.29) is 11.6 Å². The van der Waals surface area contributed by atoms with Crippen LogP contribution in [0.5, 0.6) is 0 Å². The van der Waals surface area contributed by atoms with Crippen molar-refractivity contribution < 1.29 is 14.7 Å². The van der Waals surface area contributed by atoms with Gasteiger partial charge in [0.05, 0.1) is 23.6 Å². The third-order valence-corrected chi connectivity index (χ3v) is 5.47. The monoisotopic (exact) mass is 417 g/mol. The summed E-state index contributed by atoms with van der Waals surface area (Å²) >= 11 is 0. The van der Waals surface area contributed by atoms with Gasteiger partial charge in [-0.1, -0.05) is 42.5 Å². The van der Waals surface area contributed by atoms with E-state index in [1.807, 2.05) is 36.7 Å². The molecule has 0 radical (unpaired) electrons. The zero-order valence-corrected chi connectivity index (χ0v) is 17.5. The molecule has 31 heavy (non-hydrogen) atoms. The Balaban J connectivity index is 1.59. The highest BCUT2D eigenvalue weighted by Crippen LogP contribution is 2.24. The van der Waals surface area contributed by atoms with Crippen LogP contribution in [0.3, 0.4) is 0 Å². The van der Waals surface area contributed by atoms with Gasteiger partial charge in [-0.25, -0.2) is 9.48 Å². The molecule has 2 aromatic carbocycles. The lowest BCUT2D eigenvalue weighted by Crippen LogP contribution is -2.27. The van der Waals surface area contributed by atoms with Crippen molar-refractivity contribution in [1.82, 2.24) is 19.6 Å². The Bertz CT molecular complexity index is 1280. The molecule has 0 saturated heterocycles. The smallest absolute Gasteiger partial charge is 0.354 e. The van der Waals surface area contributed by atoms with Gasteiger partial charge in [-0.05, 0) is 43.2 Å². The van der Waals surface area contributed by atoms with Crippen molar-refractivity contribution in [3.63, 3.8) is 0 Å². The summed E-state index contributed by atoms with van der Waals surface area (Å²) in [5.74, 6) is -1.49. The highest BCUT2D eigenvalue weighted by molar-refractivity contribution is 5.95. The predicted molar refractivity (Wildman–Crippen MR) is 117 cm³/mol. The van der Waals surface area contributed by atoms with Crippen molar-refractivity contribution in [1.29, 1.82) is 0 Å². The first-order chi connectivity index (χ1) is 14.9. The average Bonchev–Trinajstić information content (AvgIpc) is 3.35. The minimum absolute atomic E-state index is 0.0391. The molecule has 4 aromatic rings. The molecular weight excluding hydrogens is 394 g/mol. The number of fused-ring (bicyclic) bond motifs is 1. The minimum atomic E-state index is -1.13. The third kappa shape index (κ3) is 3.79. The van der Waals surface area contributed by atoms with Crippen LogP contribution in [0.25, 0.3) is 10.8 Å². The highest BCUT2D eigenvalue weighted by atomic mass is 16.4. The quantitative estimate of drug-likeness (QED) is 0.497. The molecule has 8 heteroatoms. The first kappa shape index (κ1) is 20.3. The van der Waals surface area contributed by atoms with E-state index < -0.39 is 12.0 Å². The molecule has 0 bridgehead atoms. The molecule has 1 amide bonds. The van der Waals surface area contributed by atoms with Crippen LogP contribution >= 0.6 is 0 Å². The molecule has 4 rings (SSSR count). The number of benzene rings is 2. The number of carboxylic acid groups (broad SMARTS) is 1. The van der Waals surface area contributed by atoms with Gasteiger partial charge in [0, 0.05) is 6.20 Å². The van der Waals surface area contributed by atoms with Crippen LogP contribution in [-0.2, 0) is 11.3 Å². The number of carboxylic acids is 1. The van der Waals surface area contributed by atoms with Gasteiger partial charge in [0.2, 0.25) is 5.91 Å². The van der Waals surface area contributed by atoms with Crippen molar-refractivity contribution in [3.05, 3.63) is 77.4 Å². The van der Waals surface area contributed by atoms with E-state index >= 15 is 0 Å². The van der Waals surface area contributed by atoms with Crippen molar-refractivity contribution in [2.75, 3.05) is 5.32 Å². The number of hydrogen-bond donors (Lipinski definition) is 2. The number of carbonyl (C=O) groups is 2. The fourth-order valence-corrected chi connectivity index (χ4v) is 3.75. The Labute approximate surface area is 179 Å². The molecule has 8 nitrogen and oxygen atoms in total. The van der Waals surface area contributed by atoms with E-state index in [0.717, 1.165) is 22.0 Å². The van der Waals surface area contributed by atoms with E-state index in [2.05, 4.69) is 39.8 Å². The fraction of sp³-hybridized carbons (Fsp3) is 0.217. The van der Waals surface area contributed by atoms with Gasteiger partial charge in [-0.15, -0.1) is 0 Å². The van der Waals surface area contributed by atoms with Crippen LogP contribution in [0, 0.1) is 13.8 Å². The second kappa shape index (κ2) is 8.06. The molecular formula is C23H23N5O3. The second-order valence-corrected chi connectivity index (χ2v) is 7.47. The summed E-state index contributed by atoms with van der Waals surface area (Å²) in [6.45, 7) is 5.92. The van der Waals surface area contributed by atoms with Crippen LogP contribution in [0.4, 0.5) is 5.69 Å². The number of aromatic nitrogens is 4. The number of nitrogens with one attached hydrogen (secondary N) is 1. The summed E-state index contributed by atoms with van der Waals surface area (Å²) in [7, 11) is 0. The molecule has 0 aliphatic carbocycles. The van der Waals surface area contributed by atoms with Gasteiger partial charge in [-0.3, -0.25) is 9.48 Å². The summed E-state index contributed by atoms with van der Waals surface area (Å²) in [6, 6.07) is 14.9. The summed E-state index contributed by atoms with van der Waals surface area (Å²) in [4.78, 5) is 24.2. The number of carbonyl (C=O) groups excluding carboxylic acids is 1. The summed E-state index contributed by atoms with van der Waals surface area (Å²) < 4.78 is 3.07. The molecule has 1 atom stereocenters. The summed E-state index contributed by atoms with van der Waals surface area (Å²) in [5.41, 5.74) is 3.24. The Morgan fingerprint density at radius 3 is 2.61 bits per heavy atom. The van der Waals surface area contributed by atoms with Gasteiger partial charge < -0.3 is 10.4 Å². The largest absolute Gasteiger partial charge is 0.477 e. The number of aryl methyl sites for hydroxylation is 1. The lowest BCUT2D eigenvalue weighted by molar-refractivity contribution is -0.119. The number of nitrogens with zero attached hydrogens (tertiary/aromatic N) is 4. The standard InChI is InChI=1S/C23H23N5O3/c1-14-21(25-22(29)16(3)28-20(23(30)31)11-12-24-28)15(2)27(26-14)13-18-9-6-8-17-7-4-5-10-19(17)18/h4-12,16H,13H2,1-3H3,(H,25,29)(H,30,31). The lowest BCUT2D eigenvalue weighted by atomic mass is 10.0. The van der Waals surface area contributed by atoms with Crippen LogP contribution < -0.4 is 5.32 Å². The predicted octanol–water partition coefficient (Wildman–Crippen LogP) is 3.80. The maximum atomic E-state index is 12.8. The molecule has 158 valence electrons. The molecule has 1 unspecified atom stereocenters. The van der Waals surface area contributed by atoms with Crippen molar-refractivity contribution in [2.45, 2.75) is 33.4 Å². The number of anilines is 1. The molecule has 0 fully saturated rings. The van der Waals surface area contributed by atoms with Gasteiger partial charge in [0.15, 0.2) is 0 Å². The van der Waals surface area contributed by atoms with E-state index in [0.29, 0.717) is 17.9 Å². The summed E-state index contributed by atoms with van der Waals surface area (Å²) in [5, 5.41) is 23.1. The first-order valence-electron chi connectivity index (χ1n) is 9.95. The third-order valence-electron chi connectivity index (χ3n) is 5.47. The van der Waals surface area contributed by atoms with E-state index in [1.54, 1.807) is 6.92 Å². The Kier molecular flexibility index (Phi) is 5.29. The Morgan fingerprint density at radius 1 is 1.10 bits per heavy atom. The number of rotatable bonds is 6. The molecule has 0 aliphatic heterocycles. The molecule has 0 spiro atoms. The van der Waals surface area contributed by atoms with Gasteiger partial charge in [0.1, 0.15) is 11.7 Å². The zero-order chi connectivity index (χ0) is 22.1. The van der Waals surface area contributed by atoms with Crippen LogP contribution in [0.15, 0.2) is 54.7 Å². The minimum Gasteiger partial charge on any atom is -0.477 e. The molecule has 2 aromatic heterocycles. The topological polar surface area (TPSA) is 102 Å². The van der Waals surface area contributed by atoms with E-state index in [4.69, 9.17) is 0 Å². The van der Waals surface area contributed by atoms with Crippen molar-refractivity contribution >= 4 is 28.3 Å². The molecule has 0 aliphatic rings. The Hall–Kier alpha value is -3.94. The van der Waals surface area contributed by atoms with Gasteiger partial charge >= 0.3 is 5.97 Å². The van der Waals surface area contributed by atoms with Crippen LogP contribution in [0.2, 0.25) is 0 Å². The van der Waals surface area contributed by atoms with Crippen LogP contribution in [-0.4, -0.2) is 36.5 Å². The Morgan fingerprint density at radius 2 is 1.84 bits per heavy atom. The average molecular weight is 417 g/mol. The molecule has 2 N–H and O–H groups in total. The highest BCUT2D eigenvalue weighted by Gasteiger charge is 2.23. The van der Waals surface area contributed by atoms with E-state index in [1.165, 1.54) is 16.9 Å². The SMILES string of the molecule is Cc1nn(Cc2cccc3ccccc23)c(C)c1NC(=O)C(C)n1nccc1C(=O)O. The fourth-order valence-electron chi connectivity index (χ4n) is 3.75. The van der Waals surface area contributed by atoms with E-state index in [9.17, 15) is 14.7 Å². The number of hydrogen-bond acceptors (Lipinski definition) is 4. The normalized spacial score (nSPS) is 12.1. The number of aromatic carboxylic acids is 1. The van der Waals surface area contributed by atoms with Crippen molar-refractivity contribution in [3.8, 4) is 0 Å². The summed E-state index contributed by atoms with van der Waals surface area (Å²) in [6.07, 6.45) is 1.37. The molecule has 0 saturated carbocycles. The van der Waals surface area contributed by atoms with Gasteiger partial charge in [-0.2, -0.15) is 10.2 Å². The van der Waals surface area contributed by atoms with Gasteiger partial charge in [0.25, 0.3) is 0 Å². The zero-order valence-electron chi connectivity index (χ0n) is 17.5. The lowest BCUT2D eigenvalue weighted by Gasteiger charge is -2.15. The second-order valence-electron chi connectivity index (χ2n) is 7.47. The number of amides is 1. The maximum absolute atomic E-state index is 12.8. The van der Waals surface area contributed by atoms with Crippen molar-refractivity contribution in [2.24, 2.45) is 0 Å². The van der Waals surface area contributed by atoms with Crippen LogP contribution in [0.1, 0.15) is 40.4 Å². The molecule has 2 heterocycles. The first-order valence-corrected chi connectivity index (χ1v) is 9.95. The maximum Gasteiger partial charge on any atom is 0.354 e.